The highest BCUT2D eigenvalue weighted by Gasteiger charge is 2.73. The minimum Gasteiger partial charge on any atom is -0.614 e. The quantitative estimate of drug-likeness (QED) is 0.225. The number of para-hydroxylation sites is 1. The lowest BCUT2D eigenvalue weighted by atomic mass is 9.96. The summed E-state index contributed by atoms with van der Waals surface area (Å²) in [5, 5.41) is 1.68. The van der Waals surface area contributed by atoms with Crippen molar-refractivity contribution < 1.29 is 33.2 Å². The van der Waals surface area contributed by atoms with Gasteiger partial charge in [0.25, 0.3) is 11.8 Å². The molecule has 11 heteroatoms. The van der Waals surface area contributed by atoms with Crippen molar-refractivity contribution in [2.24, 2.45) is 0 Å². The van der Waals surface area contributed by atoms with Gasteiger partial charge in [-0.05, 0) is 49.3 Å². The number of rotatable bonds is 8. The second kappa shape index (κ2) is 10.00. The number of carbonyl (C=O) groups excluding carboxylic acids is 4. The lowest BCUT2D eigenvalue weighted by molar-refractivity contribution is -0.163. The van der Waals surface area contributed by atoms with Crippen molar-refractivity contribution in [2.75, 3.05) is 13.2 Å². The lowest BCUT2D eigenvalue weighted by Gasteiger charge is -2.41. The zero-order chi connectivity index (χ0) is 25.3. The Bertz CT molecular complexity index is 1140. The van der Waals surface area contributed by atoms with Gasteiger partial charge in [-0.25, -0.2) is 4.79 Å². The minimum atomic E-state index is -1.67. The van der Waals surface area contributed by atoms with Crippen LogP contribution in [0.3, 0.4) is 0 Å². The van der Waals surface area contributed by atoms with Crippen LogP contribution in [0.2, 0.25) is 0 Å². The first-order valence-electron chi connectivity index (χ1n) is 10.8. The van der Waals surface area contributed by atoms with Crippen molar-refractivity contribution in [1.29, 1.82) is 0 Å². The summed E-state index contributed by atoms with van der Waals surface area (Å²) in [4.78, 5) is 51.6. The van der Waals surface area contributed by atoms with Crippen LogP contribution in [-0.2, 0) is 30.3 Å². The topological polar surface area (TPSA) is 125 Å². The maximum absolute atomic E-state index is 13.2. The predicted molar refractivity (Wildman–Crippen MR) is 130 cm³/mol. The number of ether oxygens (including phenoxy) is 2. The highest BCUT2D eigenvalue weighted by molar-refractivity contribution is 9.10. The van der Waals surface area contributed by atoms with E-state index >= 15 is 0 Å². The molecule has 2 fully saturated rings. The average molecular weight is 563 g/mol. The number of fused-ring (bicyclic) bond motifs is 1. The Morgan fingerprint density at radius 3 is 2.40 bits per heavy atom. The first kappa shape index (κ1) is 25.2. The molecule has 2 amide bonds. The monoisotopic (exact) mass is 562 g/mol. The highest BCUT2D eigenvalue weighted by Crippen LogP contribution is 2.46. The van der Waals surface area contributed by atoms with E-state index in [0.717, 1.165) is 4.47 Å². The number of nitrogens with zero attached hydrogens (tertiary/aromatic N) is 1. The number of esters is 1. The molecule has 2 aliphatic rings. The van der Waals surface area contributed by atoms with E-state index < -0.39 is 63.6 Å². The molecule has 0 aromatic heterocycles. The zero-order valence-electron chi connectivity index (χ0n) is 18.9. The summed E-state index contributed by atoms with van der Waals surface area (Å²) >= 11 is 1.61. The number of hydrogen-bond donors (Lipinski definition) is 1. The average Bonchev–Trinajstić information content (AvgIpc) is 3.03. The molecule has 0 bridgehead atoms. The largest absolute Gasteiger partial charge is 0.614 e. The second-order valence-electron chi connectivity index (χ2n) is 8.62. The molecule has 0 aliphatic carbocycles. The van der Waals surface area contributed by atoms with Gasteiger partial charge < -0.3 is 19.3 Å². The first-order chi connectivity index (χ1) is 16.6. The summed E-state index contributed by atoms with van der Waals surface area (Å²) < 4.78 is 23.4. The standard InChI is InChI=1S/C24H23BrN2O7S/c1-24(2)20(23(31)34-12-17(28)14-8-10-15(25)11-9-14)27-21(30)19(22(27)35(24)32)26-18(29)13-33-16-6-4-3-5-7-16/h3-11,19-20,22H,12-13H2,1-2H3,(H,26,29)/t19?,20?,22-,35?/m0/s1. The van der Waals surface area contributed by atoms with Crippen molar-refractivity contribution >= 4 is 50.7 Å². The van der Waals surface area contributed by atoms with Crippen molar-refractivity contribution in [3.63, 3.8) is 0 Å². The maximum Gasteiger partial charge on any atom is 0.335 e. The van der Waals surface area contributed by atoms with E-state index in [-0.39, 0.29) is 6.61 Å². The zero-order valence-corrected chi connectivity index (χ0v) is 21.3. The van der Waals surface area contributed by atoms with E-state index in [0.29, 0.717) is 11.3 Å². The molecule has 3 unspecified atom stereocenters. The molecule has 2 aliphatic heterocycles. The van der Waals surface area contributed by atoms with Gasteiger partial charge in [-0.15, -0.1) is 0 Å². The van der Waals surface area contributed by atoms with Crippen molar-refractivity contribution in [3.05, 3.63) is 64.6 Å². The molecule has 2 aromatic rings. The van der Waals surface area contributed by atoms with E-state index in [1.54, 1.807) is 62.4 Å². The fourth-order valence-electron chi connectivity index (χ4n) is 4.09. The number of carbonyl (C=O) groups is 4. The van der Waals surface area contributed by atoms with Gasteiger partial charge in [-0.2, -0.15) is 0 Å². The molecule has 0 spiro atoms. The Hall–Kier alpha value is -2.89. The molecule has 4 rings (SSSR count). The number of benzene rings is 2. The van der Waals surface area contributed by atoms with Gasteiger partial charge in [0, 0.05) is 10.0 Å². The Morgan fingerprint density at radius 1 is 1.09 bits per heavy atom. The van der Waals surface area contributed by atoms with Crippen LogP contribution in [0.5, 0.6) is 5.75 Å². The molecule has 2 aromatic carbocycles. The normalized spacial score (nSPS) is 24.2. The van der Waals surface area contributed by atoms with Gasteiger partial charge >= 0.3 is 5.97 Å². The van der Waals surface area contributed by atoms with Crippen LogP contribution >= 0.6 is 15.9 Å². The molecule has 35 heavy (non-hydrogen) atoms. The fourth-order valence-corrected chi connectivity index (χ4v) is 6.27. The van der Waals surface area contributed by atoms with Crippen LogP contribution < -0.4 is 10.1 Å². The molecule has 9 nitrogen and oxygen atoms in total. The number of amides is 2. The lowest BCUT2D eigenvalue weighted by Crippen LogP contribution is -2.72. The first-order valence-corrected chi connectivity index (χ1v) is 12.8. The molecule has 2 heterocycles. The van der Waals surface area contributed by atoms with Gasteiger partial charge in [0.15, 0.2) is 35.8 Å². The van der Waals surface area contributed by atoms with E-state index in [1.807, 2.05) is 6.07 Å². The van der Waals surface area contributed by atoms with Crippen molar-refractivity contribution in [3.8, 4) is 5.75 Å². The molecular weight excluding hydrogens is 540 g/mol. The molecule has 184 valence electrons. The SMILES string of the molecule is CC1(C)C(C(=O)OCC(=O)c2ccc(Br)cc2)N2C(=O)C(NC(=O)COc3ccccc3)[C@@H]2[S+]1[O-]. The molecule has 4 atom stereocenters. The van der Waals surface area contributed by atoms with E-state index in [1.165, 1.54) is 4.90 Å². The summed E-state index contributed by atoms with van der Waals surface area (Å²) in [6, 6.07) is 13.1. The number of ketones is 1. The number of nitrogens with one attached hydrogen (secondary N) is 1. The molecular formula is C24H23BrN2O7S. The van der Waals surface area contributed by atoms with Crippen molar-refractivity contribution in [1.82, 2.24) is 10.2 Å². The molecule has 1 N–H and O–H groups in total. The van der Waals surface area contributed by atoms with Gasteiger partial charge in [-0.1, -0.05) is 46.3 Å². The van der Waals surface area contributed by atoms with E-state index in [4.69, 9.17) is 9.47 Å². The maximum atomic E-state index is 13.2. The summed E-state index contributed by atoms with van der Waals surface area (Å²) in [6.45, 7) is 2.35. The second-order valence-corrected chi connectivity index (χ2v) is 11.7. The Balaban J connectivity index is 1.37. The Kier molecular flexibility index (Phi) is 7.20. The van der Waals surface area contributed by atoms with Gasteiger partial charge in [0.05, 0.1) is 0 Å². The fraction of sp³-hybridized carbons (Fsp3) is 0.333. The molecule has 0 saturated carbocycles. The van der Waals surface area contributed by atoms with Gasteiger partial charge in [0.2, 0.25) is 5.37 Å². The van der Waals surface area contributed by atoms with Crippen LogP contribution in [0.15, 0.2) is 59.1 Å². The van der Waals surface area contributed by atoms with Crippen LogP contribution in [0.25, 0.3) is 0 Å². The minimum absolute atomic E-state index is 0.319. The molecule has 0 radical (unpaired) electrons. The third kappa shape index (κ3) is 4.93. The summed E-state index contributed by atoms with van der Waals surface area (Å²) in [6.07, 6.45) is 0. The van der Waals surface area contributed by atoms with Crippen molar-refractivity contribution in [2.45, 2.75) is 36.1 Å². The summed E-state index contributed by atoms with van der Waals surface area (Å²) in [7, 11) is 0. The summed E-state index contributed by atoms with van der Waals surface area (Å²) in [5.74, 6) is -1.81. The third-order valence-electron chi connectivity index (χ3n) is 5.92. The Labute approximate surface area is 213 Å². The van der Waals surface area contributed by atoms with E-state index in [9.17, 15) is 23.7 Å². The smallest absolute Gasteiger partial charge is 0.335 e. The number of halogens is 1. The van der Waals surface area contributed by atoms with E-state index in [2.05, 4.69) is 21.2 Å². The van der Waals surface area contributed by atoms with Gasteiger partial charge in [-0.3, -0.25) is 19.3 Å². The Morgan fingerprint density at radius 2 is 1.74 bits per heavy atom. The summed E-state index contributed by atoms with van der Waals surface area (Å²) in [5.41, 5.74) is 0.369. The van der Waals surface area contributed by atoms with Crippen LogP contribution in [-0.4, -0.2) is 68.4 Å². The van der Waals surface area contributed by atoms with Crippen LogP contribution in [0, 0.1) is 0 Å². The number of Topliss-reactive ketones (excluding diaryl/α,β-unsaturated/α-hetero) is 1. The number of β-lactam (4-membered cyclic amide) rings is 1. The van der Waals surface area contributed by atoms with Gasteiger partial charge in [0.1, 0.15) is 5.75 Å². The molecule has 2 saturated heterocycles. The predicted octanol–water partition coefficient (Wildman–Crippen LogP) is 1.82. The van der Waals surface area contributed by atoms with Crippen LogP contribution in [0.4, 0.5) is 0 Å². The highest BCUT2D eigenvalue weighted by atomic mass is 79.9. The number of hydrogen-bond acceptors (Lipinski definition) is 7. The van der Waals surface area contributed by atoms with Crippen LogP contribution in [0.1, 0.15) is 24.2 Å². The third-order valence-corrected chi connectivity index (χ3v) is 8.65.